The zero-order valence-electron chi connectivity index (χ0n) is 19.3. The van der Waals surface area contributed by atoms with Crippen LogP contribution in [0.2, 0.25) is 5.02 Å². The van der Waals surface area contributed by atoms with Crippen molar-refractivity contribution in [2.24, 2.45) is 0 Å². The van der Waals surface area contributed by atoms with E-state index in [-0.39, 0.29) is 5.57 Å². The summed E-state index contributed by atoms with van der Waals surface area (Å²) in [6.45, 7) is 2.36. The average Bonchev–Trinajstić information content (AvgIpc) is 2.88. The van der Waals surface area contributed by atoms with Crippen molar-refractivity contribution < 1.29 is 14.3 Å². The molecule has 35 heavy (non-hydrogen) atoms. The molecule has 1 N–H and O–H groups in total. The molecule has 4 aromatic carbocycles. The first-order valence-electron chi connectivity index (χ1n) is 11.0. The van der Waals surface area contributed by atoms with Crippen molar-refractivity contribution in [3.63, 3.8) is 0 Å². The maximum absolute atomic E-state index is 12.8. The van der Waals surface area contributed by atoms with Crippen molar-refractivity contribution in [1.82, 2.24) is 0 Å². The first-order valence-corrected chi connectivity index (χ1v) is 11.3. The number of hydrogen-bond acceptors (Lipinski definition) is 4. The standard InChI is InChI=1S/C29H23ClN2O3/c1-19-11-12-20-7-3-4-8-24(20)25(19)18-35-28-16-23(34-2)14-13-21(28)15-22(17-31)29(33)32-27-10-6-5-9-26(27)30/h3-16H,18H2,1-2H3,(H,32,33)/b22-15+. The molecule has 0 bridgehead atoms. The van der Waals surface area contributed by atoms with Crippen LogP contribution in [0.5, 0.6) is 11.5 Å². The molecule has 0 saturated heterocycles. The maximum Gasteiger partial charge on any atom is 0.266 e. The number of fused-ring (bicyclic) bond motifs is 1. The Morgan fingerprint density at radius 3 is 2.60 bits per heavy atom. The van der Waals surface area contributed by atoms with Gasteiger partial charge in [-0.15, -0.1) is 0 Å². The van der Waals surface area contributed by atoms with Gasteiger partial charge in [0.2, 0.25) is 0 Å². The van der Waals surface area contributed by atoms with E-state index in [1.165, 1.54) is 6.08 Å². The number of nitrogens with one attached hydrogen (secondary N) is 1. The predicted octanol–water partition coefficient (Wildman–Crippen LogP) is 6.93. The molecule has 0 spiro atoms. The molecule has 0 aromatic heterocycles. The van der Waals surface area contributed by atoms with Crippen LogP contribution in [-0.4, -0.2) is 13.0 Å². The van der Waals surface area contributed by atoms with Gasteiger partial charge in [0, 0.05) is 17.2 Å². The second-order valence-electron chi connectivity index (χ2n) is 7.88. The summed E-state index contributed by atoms with van der Waals surface area (Å²) in [7, 11) is 1.57. The Morgan fingerprint density at radius 2 is 1.83 bits per heavy atom. The number of ether oxygens (including phenoxy) is 2. The molecule has 174 valence electrons. The molecule has 0 aliphatic rings. The molecule has 0 fully saturated rings. The number of nitrogens with zero attached hydrogens (tertiary/aromatic N) is 1. The van der Waals surface area contributed by atoms with Gasteiger partial charge in [0.1, 0.15) is 29.7 Å². The number of para-hydroxylation sites is 1. The number of nitriles is 1. The quantitative estimate of drug-likeness (QED) is 0.229. The monoisotopic (exact) mass is 482 g/mol. The van der Waals surface area contributed by atoms with E-state index in [0.29, 0.717) is 34.4 Å². The summed E-state index contributed by atoms with van der Waals surface area (Å²) in [5.74, 6) is 0.535. The number of rotatable bonds is 7. The number of carbonyl (C=O) groups is 1. The first kappa shape index (κ1) is 23.9. The van der Waals surface area contributed by atoms with E-state index < -0.39 is 5.91 Å². The summed E-state index contributed by atoms with van der Waals surface area (Å²) >= 11 is 6.14. The summed E-state index contributed by atoms with van der Waals surface area (Å²) in [6.07, 6.45) is 1.50. The van der Waals surface area contributed by atoms with Crippen LogP contribution < -0.4 is 14.8 Å². The molecule has 4 aromatic rings. The van der Waals surface area contributed by atoms with E-state index in [9.17, 15) is 10.1 Å². The molecule has 0 saturated carbocycles. The second-order valence-corrected chi connectivity index (χ2v) is 8.29. The fourth-order valence-corrected chi connectivity index (χ4v) is 3.91. The van der Waals surface area contributed by atoms with Crippen LogP contribution in [0.1, 0.15) is 16.7 Å². The number of halogens is 1. The molecular weight excluding hydrogens is 460 g/mol. The van der Waals surface area contributed by atoms with Crippen LogP contribution in [0.25, 0.3) is 16.8 Å². The van der Waals surface area contributed by atoms with Crippen LogP contribution in [0.4, 0.5) is 5.69 Å². The number of aryl methyl sites for hydroxylation is 1. The fraction of sp³-hybridized carbons (Fsp3) is 0.103. The number of anilines is 1. The highest BCUT2D eigenvalue weighted by Gasteiger charge is 2.14. The van der Waals surface area contributed by atoms with Crippen molar-refractivity contribution >= 4 is 40.0 Å². The van der Waals surface area contributed by atoms with Gasteiger partial charge in [-0.1, -0.05) is 60.1 Å². The molecule has 0 aliphatic heterocycles. The Kier molecular flexibility index (Phi) is 7.35. The van der Waals surface area contributed by atoms with Crippen molar-refractivity contribution in [2.45, 2.75) is 13.5 Å². The van der Waals surface area contributed by atoms with Gasteiger partial charge < -0.3 is 14.8 Å². The lowest BCUT2D eigenvalue weighted by atomic mass is 10.0. The van der Waals surface area contributed by atoms with Crippen molar-refractivity contribution in [2.75, 3.05) is 12.4 Å². The molecule has 1 amide bonds. The lowest BCUT2D eigenvalue weighted by molar-refractivity contribution is -0.112. The van der Waals surface area contributed by atoms with Crippen molar-refractivity contribution in [1.29, 1.82) is 5.26 Å². The number of carbonyl (C=O) groups excluding carboxylic acids is 1. The van der Waals surface area contributed by atoms with Gasteiger partial charge in [-0.05, 0) is 53.6 Å². The van der Waals surface area contributed by atoms with Gasteiger partial charge in [-0.3, -0.25) is 4.79 Å². The summed E-state index contributed by atoms with van der Waals surface area (Å²) in [4.78, 5) is 12.8. The maximum atomic E-state index is 12.8. The third kappa shape index (κ3) is 5.46. The molecule has 0 radical (unpaired) electrons. The molecule has 0 heterocycles. The van der Waals surface area contributed by atoms with E-state index in [0.717, 1.165) is 21.9 Å². The Labute approximate surface area is 209 Å². The summed E-state index contributed by atoms with van der Waals surface area (Å²) in [6, 6.07) is 26.4. The highest BCUT2D eigenvalue weighted by Crippen LogP contribution is 2.30. The van der Waals surface area contributed by atoms with Crippen LogP contribution in [0, 0.1) is 18.3 Å². The van der Waals surface area contributed by atoms with Crippen LogP contribution in [0.15, 0.2) is 84.4 Å². The fourth-order valence-electron chi connectivity index (χ4n) is 3.73. The number of benzene rings is 4. The van der Waals surface area contributed by atoms with E-state index in [1.54, 1.807) is 49.6 Å². The van der Waals surface area contributed by atoms with Gasteiger partial charge >= 0.3 is 0 Å². The summed E-state index contributed by atoms with van der Waals surface area (Å²) in [5.41, 5.74) is 3.10. The third-order valence-corrected chi connectivity index (χ3v) is 5.98. The average molecular weight is 483 g/mol. The van der Waals surface area contributed by atoms with Gasteiger partial charge in [0.15, 0.2) is 0 Å². The minimum Gasteiger partial charge on any atom is -0.497 e. The third-order valence-electron chi connectivity index (χ3n) is 5.65. The highest BCUT2D eigenvalue weighted by molar-refractivity contribution is 6.34. The Balaban J connectivity index is 1.65. The van der Waals surface area contributed by atoms with Crippen LogP contribution in [-0.2, 0) is 11.4 Å². The van der Waals surface area contributed by atoms with E-state index in [1.807, 2.05) is 25.1 Å². The molecule has 0 atom stereocenters. The zero-order valence-corrected chi connectivity index (χ0v) is 20.1. The van der Waals surface area contributed by atoms with E-state index in [2.05, 4.69) is 29.6 Å². The molecule has 0 unspecified atom stereocenters. The molecule has 6 heteroatoms. The van der Waals surface area contributed by atoms with Crippen LogP contribution in [0.3, 0.4) is 0 Å². The zero-order chi connectivity index (χ0) is 24.8. The Hall–Kier alpha value is -4.27. The Morgan fingerprint density at radius 1 is 1.06 bits per heavy atom. The summed E-state index contributed by atoms with van der Waals surface area (Å²) < 4.78 is 11.6. The SMILES string of the molecule is COc1ccc(/C=C(\C#N)C(=O)Nc2ccccc2Cl)c(OCc2c(C)ccc3ccccc23)c1. The lowest BCUT2D eigenvalue weighted by Crippen LogP contribution is -2.13. The minimum atomic E-state index is -0.563. The Bertz CT molecular complexity index is 1470. The van der Waals surface area contributed by atoms with Crippen molar-refractivity contribution in [3.8, 4) is 17.6 Å². The van der Waals surface area contributed by atoms with Gasteiger partial charge in [0.25, 0.3) is 5.91 Å². The molecule has 5 nitrogen and oxygen atoms in total. The van der Waals surface area contributed by atoms with Gasteiger partial charge in [-0.25, -0.2) is 0 Å². The summed E-state index contributed by atoms with van der Waals surface area (Å²) in [5, 5.41) is 15.0. The van der Waals surface area contributed by atoms with Crippen molar-refractivity contribution in [3.05, 3.63) is 106 Å². The number of hydrogen-bond donors (Lipinski definition) is 1. The minimum absolute atomic E-state index is 0.0821. The predicted molar refractivity (Wildman–Crippen MR) is 140 cm³/mol. The normalized spacial score (nSPS) is 11.1. The van der Waals surface area contributed by atoms with E-state index >= 15 is 0 Å². The van der Waals surface area contributed by atoms with E-state index in [4.69, 9.17) is 21.1 Å². The van der Waals surface area contributed by atoms with Gasteiger partial charge in [0.05, 0.1) is 17.8 Å². The van der Waals surface area contributed by atoms with Crippen LogP contribution >= 0.6 is 11.6 Å². The number of methoxy groups -OCH3 is 1. The number of amides is 1. The first-order chi connectivity index (χ1) is 17.0. The lowest BCUT2D eigenvalue weighted by Gasteiger charge is -2.15. The topological polar surface area (TPSA) is 71.3 Å². The van der Waals surface area contributed by atoms with Gasteiger partial charge in [-0.2, -0.15) is 5.26 Å². The second kappa shape index (κ2) is 10.8. The molecule has 4 rings (SSSR count). The largest absolute Gasteiger partial charge is 0.497 e. The smallest absolute Gasteiger partial charge is 0.266 e. The molecular formula is C29H23ClN2O3. The highest BCUT2D eigenvalue weighted by atomic mass is 35.5. The molecule has 0 aliphatic carbocycles.